The Morgan fingerprint density at radius 3 is 1.31 bits per heavy atom. The van der Waals surface area contributed by atoms with Gasteiger partial charge in [-0.25, -0.2) is 9.59 Å². The third-order valence-corrected chi connectivity index (χ3v) is 5.90. The highest BCUT2D eigenvalue weighted by molar-refractivity contribution is 7.12. The van der Waals surface area contributed by atoms with Crippen molar-refractivity contribution >= 4 is 46.0 Å². The van der Waals surface area contributed by atoms with Crippen LogP contribution < -0.4 is 0 Å². The second-order valence-electron chi connectivity index (χ2n) is 6.32. The lowest BCUT2D eigenvalue weighted by molar-refractivity contribution is 0.0508. The van der Waals surface area contributed by atoms with Crippen LogP contribution >= 0.6 is 22.7 Å². The fourth-order valence-electron chi connectivity index (χ4n) is 2.71. The molecular weight excluding hydrogens is 444 g/mol. The van der Waals surface area contributed by atoms with Crippen LogP contribution in [0.1, 0.15) is 30.5 Å². The van der Waals surface area contributed by atoms with Crippen LogP contribution in [0.5, 0.6) is 0 Å². The summed E-state index contributed by atoms with van der Waals surface area (Å²) in [5.74, 6) is -1.17. The Labute approximate surface area is 192 Å². The maximum Gasteiger partial charge on any atom is 0.375 e. The van der Waals surface area contributed by atoms with Crippen molar-refractivity contribution in [2.75, 3.05) is 0 Å². The number of nitrogens with zero attached hydrogens (tertiary/aromatic N) is 2. The van der Waals surface area contributed by atoms with E-state index in [2.05, 4.69) is 10.3 Å². The second-order valence-corrected chi connectivity index (χ2v) is 8.22. The molecule has 0 saturated carbocycles. The molecule has 4 rings (SSSR count). The zero-order chi connectivity index (χ0) is 22.2. The van der Waals surface area contributed by atoms with E-state index >= 15 is 0 Å². The van der Waals surface area contributed by atoms with E-state index in [-0.39, 0.29) is 11.4 Å². The minimum absolute atomic E-state index is 0.251. The molecule has 158 valence electrons. The Morgan fingerprint density at radius 1 is 0.562 bits per heavy atom. The molecule has 32 heavy (non-hydrogen) atoms. The van der Waals surface area contributed by atoms with Crippen molar-refractivity contribution in [3.8, 4) is 0 Å². The quantitative estimate of drug-likeness (QED) is 0.203. The number of carbonyl (C=O) groups is 2. The lowest BCUT2D eigenvalue weighted by Gasteiger charge is -2.10. The Balaban J connectivity index is 1.74. The number of thiophene rings is 2. The van der Waals surface area contributed by atoms with E-state index in [0.29, 0.717) is 20.9 Å². The molecule has 0 amide bonds. The summed E-state index contributed by atoms with van der Waals surface area (Å²) >= 11 is 2.51. The number of oxime groups is 2. The minimum atomic E-state index is -0.587. The molecule has 8 heteroatoms. The summed E-state index contributed by atoms with van der Waals surface area (Å²) < 4.78 is 0. The SMILES string of the molecule is O=C(ON=C(C(=NOC(=O)c1cccs1)c1ccccc1)c1ccccc1)c1cccs1. The number of rotatable bonds is 7. The first-order chi connectivity index (χ1) is 15.7. The molecule has 0 aliphatic carbocycles. The zero-order valence-corrected chi connectivity index (χ0v) is 18.2. The topological polar surface area (TPSA) is 77.3 Å². The van der Waals surface area contributed by atoms with Crippen LogP contribution in [-0.4, -0.2) is 23.4 Å². The predicted octanol–water partition coefficient (Wildman–Crippen LogP) is 5.63. The molecule has 0 fully saturated rings. The standard InChI is InChI=1S/C24H16N2O4S2/c27-23(19-13-7-15-31-19)29-25-21(17-9-3-1-4-10-17)22(18-11-5-2-6-12-18)26-30-24(28)20-14-8-16-32-20/h1-16H. The lowest BCUT2D eigenvalue weighted by Crippen LogP contribution is -2.20. The van der Waals surface area contributed by atoms with E-state index in [4.69, 9.17) is 9.68 Å². The summed E-state index contributed by atoms with van der Waals surface area (Å²) in [7, 11) is 0. The molecule has 0 aliphatic rings. The van der Waals surface area contributed by atoms with Crippen LogP contribution in [-0.2, 0) is 9.68 Å². The van der Waals surface area contributed by atoms with E-state index in [1.165, 1.54) is 22.7 Å². The van der Waals surface area contributed by atoms with E-state index in [0.717, 1.165) is 0 Å². The van der Waals surface area contributed by atoms with Gasteiger partial charge in [0.25, 0.3) is 0 Å². The van der Waals surface area contributed by atoms with Gasteiger partial charge >= 0.3 is 11.9 Å². The second kappa shape index (κ2) is 10.4. The van der Waals surface area contributed by atoms with Gasteiger partial charge in [-0.05, 0) is 22.9 Å². The highest BCUT2D eigenvalue weighted by Gasteiger charge is 2.19. The van der Waals surface area contributed by atoms with Gasteiger partial charge in [0.15, 0.2) is 0 Å². The van der Waals surface area contributed by atoms with Crippen LogP contribution in [0.15, 0.2) is 106 Å². The number of carbonyl (C=O) groups excluding carboxylic acids is 2. The zero-order valence-electron chi connectivity index (χ0n) is 16.6. The van der Waals surface area contributed by atoms with Crippen molar-refractivity contribution in [2.24, 2.45) is 10.3 Å². The Hall–Kier alpha value is -3.88. The van der Waals surface area contributed by atoms with E-state index in [9.17, 15) is 9.59 Å². The van der Waals surface area contributed by atoms with Gasteiger partial charge in [-0.15, -0.1) is 22.7 Å². The largest absolute Gasteiger partial charge is 0.375 e. The molecule has 6 nitrogen and oxygen atoms in total. The average Bonchev–Trinajstić information content (AvgIpc) is 3.57. The third kappa shape index (κ3) is 5.23. The molecule has 2 aromatic heterocycles. The lowest BCUT2D eigenvalue weighted by atomic mass is 10.00. The first-order valence-corrected chi connectivity index (χ1v) is 11.2. The highest BCUT2D eigenvalue weighted by Crippen LogP contribution is 2.15. The first-order valence-electron chi connectivity index (χ1n) is 9.49. The highest BCUT2D eigenvalue weighted by atomic mass is 32.1. The van der Waals surface area contributed by atoms with Gasteiger partial charge in [0.2, 0.25) is 0 Å². The monoisotopic (exact) mass is 460 g/mol. The van der Waals surface area contributed by atoms with Crippen molar-refractivity contribution in [1.29, 1.82) is 0 Å². The Morgan fingerprint density at radius 2 is 0.969 bits per heavy atom. The van der Waals surface area contributed by atoms with E-state index < -0.39 is 11.9 Å². The van der Waals surface area contributed by atoms with Gasteiger partial charge in [-0.3, -0.25) is 0 Å². The van der Waals surface area contributed by atoms with E-state index in [1.54, 1.807) is 59.3 Å². The Kier molecular flexibility index (Phi) is 6.96. The molecule has 0 radical (unpaired) electrons. The van der Waals surface area contributed by atoms with Crippen molar-refractivity contribution in [3.05, 3.63) is 117 Å². The summed E-state index contributed by atoms with van der Waals surface area (Å²) in [6, 6.07) is 25.0. The molecule has 0 N–H and O–H groups in total. The van der Waals surface area contributed by atoms with Gasteiger partial charge in [-0.2, -0.15) is 0 Å². The fourth-order valence-corrected chi connectivity index (χ4v) is 3.90. The molecule has 0 saturated heterocycles. The van der Waals surface area contributed by atoms with Gasteiger partial charge in [0.1, 0.15) is 21.2 Å². The minimum Gasteiger partial charge on any atom is -0.311 e. The summed E-state index contributed by atoms with van der Waals surface area (Å²) in [5, 5.41) is 11.8. The average molecular weight is 461 g/mol. The normalized spacial score (nSPS) is 11.8. The van der Waals surface area contributed by atoms with Gasteiger partial charge in [-0.1, -0.05) is 83.1 Å². The van der Waals surface area contributed by atoms with Crippen LogP contribution in [0, 0.1) is 0 Å². The van der Waals surface area contributed by atoms with Crippen molar-refractivity contribution in [2.45, 2.75) is 0 Å². The van der Waals surface area contributed by atoms with Crippen LogP contribution in [0.2, 0.25) is 0 Å². The molecule has 0 unspecified atom stereocenters. The van der Waals surface area contributed by atoms with Crippen LogP contribution in [0.3, 0.4) is 0 Å². The van der Waals surface area contributed by atoms with E-state index in [1.807, 2.05) is 36.4 Å². The van der Waals surface area contributed by atoms with Crippen LogP contribution in [0.4, 0.5) is 0 Å². The van der Waals surface area contributed by atoms with Crippen LogP contribution in [0.25, 0.3) is 0 Å². The molecule has 0 spiro atoms. The first kappa shape index (κ1) is 21.4. The maximum absolute atomic E-state index is 12.4. The predicted molar refractivity (Wildman–Crippen MR) is 125 cm³/mol. The summed E-state index contributed by atoms with van der Waals surface area (Å²) in [4.78, 5) is 36.0. The molecule has 0 aliphatic heterocycles. The van der Waals surface area contributed by atoms with Crippen molar-refractivity contribution in [3.63, 3.8) is 0 Å². The summed E-state index contributed by atoms with van der Waals surface area (Å²) in [6.45, 7) is 0. The van der Waals surface area contributed by atoms with Gasteiger partial charge in [0, 0.05) is 11.1 Å². The summed E-state index contributed by atoms with van der Waals surface area (Å²) in [5.41, 5.74) is 1.78. The van der Waals surface area contributed by atoms with Crippen molar-refractivity contribution in [1.82, 2.24) is 0 Å². The maximum atomic E-state index is 12.4. The Bertz CT molecular complexity index is 1130. The molecule has 2 aromatic carbocycles. The number of hydrogen-bond donors (Lipinski definition) is 0. The number of benzene rings is 2. The van der Waals surface area contributed by atoms with Crippen molar-refractivity contribution < 1.29 is 19.3 Å². The third-order valence-electron chi connectivity index (χ3n) is 4.20. The fraction of sp³-hybridized carbons (Fsp3) is 0. The molecule has 0 atom stereocenters. The number of hydrogen-bond acceptors (Lipinski definition) is 8. The molecular formula is C24H16N2O4S2. The van der Waals surface area contributed by atoms with Gasteiger partial charge in [0.05, 0.1) is 0 Å². The molecule has 4 aromatic rings. The summed E-state index contributed by atoms with van der Waals surface area (Å²) in [6.07, 6.45) is 0. The smallest absolute Gasteiger partial charge is 0.311 e. The van der Waals surface area contributed by atoms with Gasteiger partial charge < -0.3 is 9.68 Å². The molecule has 0 bridgehead atoms. The molecule has 2 heterocycles.